The van der Waals surface area contributed by atoms with Crippen LogP contribution in [0.5, 0.6) is 5.75 Å². The second-order valence-electron chi connectivity index (χ2n) is 3.97. The van der Waals surface area contributed by atoms with Crippen LogP contribution in [0.25, 0.3) is 0 Å². The molecule has 0 aromatic heterocycles. The van der Waals surface area contributed by atoms with E-state index in [9.17, 15) is 9.18 Å². The van der Waals surface area contributed by atoms with Crippen molar-refractivity contribution in [3.63, 3.8) is 0 Å². The number of carbonyl (C=O) groups excluding carboxylic acids is 1. The summed E-state index contributed by atoms with van der Waals surface area (Å²) in [5.74, 6) is -0.106. The third-order valence-corrected chi connectivity index (χ3v) is 2.63. The average molecular weight is 253 g/mol. The van der Waals surface area contributed by atoms with Gasteiger partial charge in [-0.1, -0.05) is 19.9 Å². The fourth-order valence-corrected chi connectivity index (χ4v) is 1.71. The van der Waals surface area contributed by atoms with Gasteiger partial charge in [0.2, 0.25) is 5.91 Å². The zero-order valence-corrected chi connectivity index (χ0v) is 11.2. The topological polar surface area (TPSA) is 29.5 Å². The molecular formula is C14H20FNO2. The number of hydrogen-bond donors (Lipinski definition) is 0. The van der Waals surface area contributed by atoms with Crippen molar-refractivity contribution < 1.29 is 13.9 Å². The number of ether oxygens (including phenoxy) is 1. The van der Waals surface area contributed by atoms with E-state index in [2.05, 4.69) is 0 Å². The minimum atomic E-state index is -0.391. The van der Waals surface area contributed by atoms with Gasteiger partial charge in [0.15, 0.2) is 18.3 Å². The number of halogens is 1. The molecule has 1 amide bonds. The average Bonchev–Trinajstić information content (AvgIpc) is 2.79. The first-order valence-corrected chi connectivity index (χ1v) is 6.33. The Balaban J connectivity index is 0.000000771. The lowest BCUT2D eigenvalue weighted by Crippen LogP contribution is -2.29. The Morgan fingerprint density at radius 1 is 1.39 bits per heavy atom. The molecule has 1 aliphatic heterocycles. The monoisotopic (exact) mass is 253 g/mol. The number of nitrogens with zero attached hydrogens (tertiary/aromatic N) is 1. The number of aryl methyl sites for hydroxylation is 1. The summed E-state index contributed by atoms with van der Waals surface area (Å²) in [5, 5.41) is 0. The van der Waals surface area contributed by atoms with Gasteiger partial charge in [0.05, 0.1) is 0 Å². The first kappa shape index (κ1) is 14.5. The Kier molecular flexibility index (Phi) is 5.62. The Hall–Kier alpha value is -1.58. The van der Waals surface area contributed by atoms with Gasteiger partial charge in [-0.3, -0.25) is 4.79 Å². The number of benzene rings is 1. The van der Waals surface area contributed by atoms with Crippen LogP contribution in [0.15, 0.2) is 18.2 Å². The normalized spacial score (nSPS) is 14.2. The van der Waals surface area contributed by atoms with Crippen molar-refractivity contribution >= 4 is 5.91 Å². The van der Waals surface area contributed by atoms with E-state index in [-0.39, 0.29) is 18.4 Å². The van der Waals surface area contributed by atoms with Gasteiger partial charge >= 0.3 is 0 Å². The van der Waals surface area contributed by atoms with Crippen LogP contribution >= 0.6 is 0 Å². The first-order valence-electron chi connectivity index (χ1n) is 6.33. The smallest absolute Gasteiger partial charge is 0.225 e. The Morgan fingerprint density at radius 2 is 2.11 bits per heavy atom. The maximum atomic E-state index is 13.3. The molecule has 0 unspecified atom stereocenters. The van der Waals surface area contributed by atoms with E-state index in [0.29, 0.717) is 13.0 Å². The van der Waals surface area contributed by atoms with Gasteiger partial charge in [-0.2, -0.15) is 0 Å². The predicted octanol–water partition coefficient (Wildman–Crippen LogP) is 3.12. The van der Waals surface area contributed by atoms with Gasteiger partial charge in [-0.05, 0) is 31.0 Å². The maximum Gasteiger partial charge on any atom is 0.225 e. The van der Waals surface area contributed by atoms with Crippen molar-refractivity contribution in [3.8, 4) is 5.75 Å². The van der Waals surface area contributed by atoms with Crippen molar-refractivity contribution in [3.05, 3.63) is 29.6 Å². The largest absolute Gasteiger partial charge is 0.470 e. The summed E-state index contributed by atoms with van der Waals surface area (Å²) < 4.78 is 18.6. The van der Waals surface area contributed by atoms with Crippen molar-refractivity contribution in [2.45, 2.75) is 33.6 Å². The number of carbonyl (C=O) groups is 1. The van der Waals surface area contributed by atoms with Crippen LogP contribution in [-0.2, 0) is 4.79 Å². The molecule has 1 saturated heterocycles. The minimum Gasteiger partial charge on any atom is -0.470 e. The SMILES string of the molecule is CC.Cc1ccc(F)c(OCN2CCCC2=O)c1. The Morgan fingerprint density at radius 3 is 2.72 bits per heavy atom. The molecule has 0 bridgehead atoms. The number of likely N-dealkylation sites (tertiary alicyclic amines) is 1. The van der Waals surface area contributed by atoms with Gasteiger partial charge in [0.25, 0.3) is 0 Å². The molecular weight excluding hydrogens is 233 g/mol. The van der Waals surface area contributed by atoms with Crippen LogP contribution in [0.1, 0.15) is 32.3 Å². The Bertz CT molecular complexity index is 407. The fraction of sp³-hybridized carbons (Fsp3) is 0.500. The second-order valence-corrected chi connectivity index (χ2v) is 3.97. The fourth-order valence-electron chi connectivity index (χ4n) is 1.71. The molecule has 1 aromatic rings. The minimum absolute atomic E-state index is 0.0769. The molecule has 3 nitrogen and oxygen atoms in total. The molecule has 1 aromatic carbocycles. The van der Waals surface area contributed by atoms with Crippen molar-refractivity contribution in [1.29, 1.82) is 0 Å². The summed E-state index contributed by atoms with van der Waals surface area (Å²) in [6.45, 7) is 6.71. The van der Waals surface area contributed by atoms with Crippen molar-refractivity contribution in [1.82, 2.24) is 4.90 Å². The lowest BCUT2D eigenvalue weighted by molar-refractivity contribution is -0.130. The highest BCUT2D eigenvalue weighted by molar-refractivity contribution is 5.77. The van der Waals surface area contributed by atoms with Crippen LogP contribution in [0, 0.1) is 12.7 Å². The van der Waals surface area contributed by atoms with Crippen LogP contribution in [0.2, 0.25) is 0 Å². The molecule has 4 heteroatoms. The van der Waals surface area contributed by atoms with Gasteiger partial charge in [0.1, 0.15) is 0 Å². The first-order chi connectivity index (χ1) is 8.66. The molecule has 0 spiro atoms. The highest BCUT2D eigenvalue weighted by Crippen LogP contribution is 2.19. The van der Waals surface area contributed by atoms with E-state index in [4.69, 9.17) is 4.74 Å². The predicted molar refractivity (Wildman–Crippen MR) is 68.9 cm³/mol. The maximum absolute atomic E-state index is 13.3. The van der Waals surface area contributed by atoms with E-state index >= 15 is 0 Å². The number of amides is 1. The molecule has 1 aliphatic rings. The lowest BCUT2D eigenvalue weighted by atomic mass is 10.2. The number of rotatable bonds is 3. The summed E-state index contributed by atoms with van der Waals surface area (Å²) in [6, 6.07) is 4.69. The zero-order valence-electron chi connectivity index (χ0n) is 11.2. The molecule has 0 saturated carbocycles. The molecule has 1 heterocycles. The van der Waals surface area contributed by atoms with Crippen LogP contribution in [0.3, 0.4) is 0 Å². The molecule has 1 fully saturated rings. The summed E-state index contributed by atoms with van der Waals surface area (Å²) in [5.41, 5.74) is 0.934. The third-order valence-electron chi connectivity index (χ3n) is 2.63. The van der Waals surface area contributed by atoms with Crippen molar-refractivity contribution in [2.24, 2.45) is 0 Å². The Labute approximate surface area is 108 Å². The molecule has 0 atom stereocenters. The molecule has 0 aliphatic carbocycles. The summed E-state index contributed by atoms with van der Waals surface area (Å²) in [7, 11) is 0. The molecule has 0 N–H and O–H groups in total. The van der Waals surface area contributed by atoms with Gasteiger partial charge in [-0.25, -0.2) is 4.39 Å². The van der Waals surface area contributed by atoms with E-state index in [0.717, 1.165) is 12.0 Å². The molecule has 2 rings (SSSR count). The lowest BCUT2D eigenvalue weighted by Gasteiger charge is -2.16. The zero-order chi connectivity index (χ0) is 13.5. The molecule has 0 radical (unpaired) electrons. The van der Waals surface area contributed by atoms with E-state index < -0.39 is 5.82 Å². The van der Waals surface area contributed by atoms with E-state index in [1.54, 1.807) is 17.0 Å². The highest BCUT2D eigenvalue weighted by Gasteiger charge is 2.20. The third kappa shape index (κ3) is 3.72. The van der Waals surface area contributed by atoms with E-state index in [1.165, 1.54) is 6.07 Å². The quantitative estimate of drug-likeness (QED) is 0.828. The summed E-state index contributed by atoms with van der Waals surface area (Å²) >= 11 is 0. The molecule has 18 heavy (non-hydrogen) atoms. The second kappa shape index (κ2) is 6.99. The van der Waals surface area contributed by atoms with E-state index in [1.807, 2.05) is 20.8 Å². The molecule has 100 valence electrons. The van der Waals surface area contributed by atoms with Crippen LogP contribution in [-0.4, -0.2) is 24.1 Å². The van der Waals surface area contributed by atoms with Gasteiger partial charge in [-0.15, -0.1) is 0 Å². The van der Waals surface area contributed by atoms with Crippen molar-refractivity contribution in [2.75, 3.05) is 13.3 Å². The van der Waals surface area contributed by atoms with Gasteiger partial charge in [0, 0.05) is 13.0 Å². The summed E-state index contributed by atoms with van der Waals surface area (Å²) in [6.07, 6.45) is 1.43. The number of hydrogen-bond acceptors (Lipinski definition) is 2. The summed E-state index contributed by atoms with van der Waals surface area (Å²) in [4.78, 5) is 12.9. The standard InChI is InChI=1S/C12H14FNO2.C2H6/c1-9-4-5-10(13)11(7-9)16-8-14-6-2-3-12(14)15;1-2/h4-5,7H,2-3,6,8H2,1H3;1-2H3. The van der Waals surface area contributed by atoms with Gasteiger partial charge < -0.3 is 9.64 Å². The van der Waals surface area contributed by atoms with Crippen LogP contribution in [0.4, 0.5) is 4.39 Å². The van der Waals surface area contributed by atoms with Crippen LogP contribution < -0.4 is 4.74 Å². The highest BCUT2D eigenvalue weighted by atomic mass is 19.1.